The highest BCUT2D eigenvalue weighted by Crippen LogP contribution is 2.32. The Labute approximate surface area is 168 Å². The van der Waals surface area contributed by atoms with E-state index in [1.54, 1.807) is 13.1 Å². The molecule has 0 aliphatic carbocycles. The predicted molar refractivity (Wildman–Crippen MR) is 107 cm³/mol. The molecule has 1 unspecified atom stereocenters. The number of piperazine rings is 1. The van der Waals surface area contributed by atoms with Crippen LogP contribution in [-0.4, -0.2) is 53.8 Å². The van der Waals surface area contributed by atoms with Gasteiger partial charge in [-0.3, -0.25) is 19.7 Å². The number of carbonyl (C=O) groups excluding carboxylic acids is 2. The van der Waals surface area contributed by atoms with Gasteiger partial charge in [0.1, 0.15) is 17.5 Å². The number of carbonyl (C=O) groups is 2. The fraction of sp³-hybridized carbons (Fsp3) is 0.238. The van der Waals surface area contributed by atoms with Gasteiger partial charge < -0.3 is 14.5 Å². The van der Waals surface area contributed by atoms with Gasteiger partial charge in [0.25, 0.3) is 11.6 Å². The molecule has 2 amide bonds. The Morgan fingerprint density at radius 3 is 2.41 bits per heavy atom. The van der Waals surface area contributed by atoms with Gasteiger partial charge in [-0.15, -0.1) is 0 Å². The number of benzene rings is 2. The average Bonchev–Trinajstić information content (AvgIpc) is 2.73. The fourth-order valence-corrected chi connectivity index (χ4v) is 3.35. The maximum Gasteiger partial charge on any atom is 0.280 e. The first-order valence-corrected chi connectivity index (χ1v) is 8.97. The van der Waals surface area contributed by atoms with Crippen LogP contribution in [0.3, 0.4) is 0 Å². The molecule has 8 heteroatoms. The zero-order valence-corrected chi connectivity index (χ0v) is 16.4. The molecule has 0 saturated carbocycles. The molecule has 1 saturated heterocycles. The third-order valence-electron chi connectivity index (χ3n) is 5.00. The highest BCUT2D eigenvalue weighted by Gasteiger charge is 2.39. The molecule has 29 heavy (non-hydrogen) atoms. The Balaban J connectivity index is 2.00. The third-order valence-corrected chi connectivity index (χ3v) is 5.00. The van der Waals surface area contributed by atoms with E-state index < -0.39 is 16.9 Å². The molecular formula is C21H21N3O5. The summed E-state index contributed by atoms with van der Waals surface area (Å²) in [7, 11) is 4.45. The van der Waals surface area contributed by atoms with E-state index in [2.05, 4.69) is 0 Å². The van der Waals surface area contributed by atoms with E-state index in [4.69, 9.17) is 4.74 Å². The van der Waals surface area contributed by atoms with Gasteiger partial charge in [0.15, 0.2) is 0 Å². The minimum atomic E-state index is -0.653. The molecule has 0 N–H and O–H groups in total. The maximum atomic E-state index is 13.0. The normalized spacial score (nSPS) is 18.3. The molecule has 8 nitrogen and oxygen atoms in total. The lowest BCUT2D eigenvalue weighted by Gasteiger charge is -2.38. The number of likely N-dealkylation sites (N-methyl/N-ethyl adjacent to an activating group) is 2. The summed E-state index contributed by atoms with van der Waals surface area (Å²) in [6.45, 7) is 0. The van der Waals surface area contributed by atoms with Gasteiger partial charge in [-0.1, -0.05) is 36.4 Å². The summed E-state index contributed by atoms with van der Waals surface area (Å²) in [6, 6.07) is 13.2. The summed E-state index contributed by atoms with van der Waals surface area (Å²) in [5.41, 5.74) is 0.915. The van der Waals surface area contributed by atoms with E-state index >= 15 is 0 Å². The summed E-state index contributed by atoms with van der Waals surface area (Å²) in [6.07, 6.45) is 1.72. The van der Waals surface area contributed by atoms with Crippen molar-refractivity contribution < 1.29 is 19.2 Å². The molecule has 1 aliphatic heterocycles. The summed E-state index contributed by atoms with van der Waals surface area (Å²) in [5.74, 6) is -0.414. The first-order valence-electron chi connectivity index (χ1n) is 8.97. The zero-order chi connectivity index (χ0) is 21.1. The first-order chi connectivity index (χ1) is 13.8. The number of nitro benzene ring substituents is 1. The Kier molecular flexibility index (Phi) is 5.63. The SMILES string of the molecule is COc1cccc([N+](=O)[O-])c1/C=C1\C(=O)N(C)C(Cc2ccccc2)C(=O)N1C. The van der Waals surface area contributed by atoms with Crippen molar-refractivity contribution in [2.75, 3.05) is 21.2 Å². The van der Waals surface area contributed by atoms with Crippen molar-refractivity contribution in [1.82, 2.24) is 9.80 Å². The first kappa shape index (κ1) is 20.1. The number of rotatable bonds is 5. The quantitative estimate of drug-likeness (QED) is 0.441. The Morgan fingerprint density at radius 2 is 1.79 bits per heavy atom. The van der Waals surface area contributed by atoms with E-state index in [9.17, 15) is 19.7 Å². The van der Waals surface area contributed by atoms with Crippen LogP contribution in [0.4, 0.5) is 5.69 Å². The largest absolute Gasteiger partial charge is 0.496 e. The Bertz CT molecular complexity index is 987. The van der Waals surface area contributed by atoms with E-state index in [0.29, 0.717) is 6.42 Å². The molecule has 0 spiro atoms. The van der Waals surface area contributed by atoms with Crippen molar-refractivity contribution in [2.45, 2.75) is 12.5 Å². The smallest absolute Gasteiger partial charge is 0.280 e. The van der Waals surface area contributed by atoms with Gasteiger partial charge >= 0.3 is 0 Å². The second-order valence-corrected chi connectivity index (χ2v) is 6.70. The van der Waals surface area contributed by atoms with Crippen molar-refractivity contribution in [2.24, 2.45) is 0 Å². The van der Waals surface area contributed by atoms with Gasteiger partial charge in [-0.25, -0.2) is 0 Å². The van der Waals surface area contributed by atoms with E-state index in [1.807, 2.05) is 30.3 Å². The van der Waals surface area contributed by atoms with Crippen LogP contribution in [0.15, 0.2) is 54.2 Å². The molecule has 1 fully saturated rings. The number of methoxy groups -OCH3 is 1. The van der Waals surface area contributed by atoms with Gasteiger partial charge in [-0.05, 0) is 17.7 Å². The molecule has 3 rings (SSSR count). The summed E-state index contributed by atoms with van der Waals surface area (Å²) >= 11 is 0. The lowest BCUT2D eigenvalue weighted by Crippen LogP contribution is -2.56. The van der Waals surface area contributed by atoms with Gasteiger partial charge in [-0.2, -0.15) is 0 Å². The van der Waals surface area contributed by atoms with Gasteiger partial charge in [0.2, 0.25) is 5.91 Å². The van der Waals surface area contributed by atoms with Crippen molar-refractivity contribution in [1.29, 1.82) is 0 Å². The van der Waals surface area contributed by atoms with Crippen molar-refractivity contribution in [3.05, 3.63) is 75.5 Å². The molecule has 1 aliphatic rings. The Hall–Kier alpha value is -3.68. The number of ether oxygens (including phenoxy) is 1. The molecule has 0 radical (unpaired) electrons. The van der Waals surface area contributed by atoms with Gasteiger partial charge in [0.05, 0.1) is 17.6 Å². The second-order valence-electron chi connectivity index (χ2n) is 6.70. The van der Waals surface area contributed by atoms with Crippen LogP contribution < -0.4 is 4.74 Å². The van der Waals surface area contributed by atoms with Crippen LogP contribution in [-0.2, 0) is 16.0 Å². The topological polar surface area (TPSA) is 93.0 Å². The summed E-state index contributed by atoms with van der Waals surface area (Å²) in [5, 5.41) is 11.4. The summed E-state index contributed by atoms with van der Waals surface area (Å²) < 4.78 is 5.22. The van der Waals surface area contributed by atoms with E-state index in [0.717, 1.165) is 5.56 Å². The van der Waals surface area contributed by atoms with Crippen LogP contribution in [0.2, 0.25) is 0 Å². The molecule has 0 aromatic heterocycles. The van der Waals surface area contributed by atoms with Crippen molar-refractivity contribution >= 4 is 23.6 Å². The molecule has 1 heterocycles. The third kappa shape index (κ3) is 3.82. The molecule has 2 aromatic carbocycles. The number of hydrogen-bond acceptors (Lipinski definition) is 5. The fourth-order valence-electron chi connectivity index (χ4n) is 3.35. The number of amides is 2. The molecule has 150 valence electrons. The molecule has 1 atom stereocenters. The predicted octanol–water partition coefficient (Wildman–Crippen LogP) is 2.49. The molecule has 0 bridgehead atoms. The van der Waals surface area contributed by atoms with Crippen LogP contribution >= 0.6 is 0 Å². The minimum absolute atomic E-state index is 0.0504. The zero-order valence-electron chi connectivity index (χ0n) is 16.4. The molecule has 2 aromatic rings. The second kappa shape index (κ2) is 8.14. The van der Waals surface area contributed by atoms with Crippen LogP contribution in [0.25, 0.3) is 6.08 Å². The van der Waals surface area contributed by atoms with Crippen LogP contribution in [0.5, 0.6) is 5.75 Å². The molecular weight excluding hydrogens is 374 g/mol. The minimum Gasteiger partial charge on any atom is -0.496 e. The Morgan fingerprint density at radius 1 is 1.10 bits per heavy atom. The van der Waals surface area contributed by atoms with E-state index in [-0.39, 0.29) is 28.6 Å². The highest BCUT2D eigenvalue weighted by atomic mass is 16.6. The van der Waals surface area contributed by atoms with Crippen molar-refractivity contribution in [3.63, 3.8) is 0 Å². The monoisotopic (exact) mass is 395 g/mol. The van der Waals surface area contributed by atoms with E-state index in [1.165, 1.54) is 42.2 Å². The number of nitro groups is 1. The lowest BCUT2D eigenvalue weighted by atomic mass is 9.99. The van der Waals surface area contributed by atoms with Crippen LogP contribution in [0, 0.1) is 10.1 Å². The lowest BCUT2D eigenvalue weighted by molar-refractivity contribution is -0.385. The number of hydrogen-bond donors (Lipinski definition) is 0. The maximum absolute atomic E-state index is 13.0. The van der Waals surface area contributed by atoms with Gasteiger partial charge in [0, 0.05) is 26.6 Å². The highest BCUT2D eigenvalue weighted by molar-refractivity contribution is 6.07. The van der Waals surface area contributed by atoms with Crippen LogP contribution in [0.1, 0.15) is 11.1 Å². The summed E-state index contributed by atoms with van der Waals surface area (Å²) in [4.78, 5) is 39.5. The number of nitrogens with zero attached hydrogens (tertiary/aromatic N) is 3. The van der Waals surface area contributed by atoms with Crippen molar-refractivity contribution in [3.8, 4) is 5.75 Å². The average molecular weight is 395 g/mol. The standard InChI is InChI=1S/C21H21N3O5/c1-22-17(12-14-8-5-4-6-9-14)20(25)23(2)18(21(22)26)13-15-16(24(27)28)10-7-11-19(15)29-3/h4-11,13,17H,12H2,1-3H3/b18-13+.